The van der Waals surface area contributed by atoms with Crippen LogP contribution in [-0.2, 0) is 0 Å². The van der Waals surface area contributed by atoms with Crippen LogP contribution >= 0.6 is 24.0 Å². The summed E-state index contributed by atoms with van der Waals surface area (Å²) < 4.78 is 14.0. The van der Waals surface area contributed by atoms with Gasteiger partial charge in [0.15, 0.2) is 0 Å². The van der Waals surface area contributed by atoms with Crippen molar-refractivity contribution in [3.63, 3.8) is 0 Å². The zero-order chi connectivity index (χ0) is 12.4. The minimum atomic E-state index is -0.242. The molecule has 1 saturated heterocycles. The van der Waals surface area contributed by atoms with Crippen molar-refractivity contribution in [2.24, 2.45) is 5.73 Å². The monoisotopic (exact) mass is 270 g/mol. The molecule has 1 aromatic carbocycles. The first-order valence-electron chi connectivity index (χ1n) is 5.53. The number of hydrogen-bond donors (Lipinski definition) is 1. The third-order valence-corrected chi connectivity index (χ3v) is 4.33. The lowest BCUT2D eigenvalue weighted by Gasteiger charge is -2.35. The Bertz CT molecular complexity index is 437. The first kappa shape index (κ1) is 12.6. The van der Waals surface area contributed by atoms with Crippen LogP contribution in [0.4, 0.5) is 10.1 Å². The van der Waals surface area contributed by atoms with Gasteiger partial charge in [0.1, 0.15) is 10.8 Å². The molecule has 0 saturated carbocycles. The van der Waals surface area contributed by atoms with Crippen molar-refractivity contribution < 1.29 is 4.39 Å². The molecule has 1 heterocycles. The molecule has 0 aliphatic carbocycles. The summed E-state index contributed by atoms with van der Waals surface area (Å²) in [5.74, 6) is 1.84. The highest BCUT2D eigenvalue weighted by atomic mass is 32.2. The van der Waals surface area contributed by atoms with Gasteiger partial charge in [0.05, 0.1) is 5.69 Å². The lowest BCUT2D eigenvalue weighted by Crippen LogP contribution is -2.40. The van der Waals surface area contributed by atoms with Gasteiger partial charge >= 0.3 is 0 Å². The molecule has 2 N–H and O–H groups in total. The lowest BCUT2D eigenvalue weighted by atomic mass is 10.1. The number of nitrogens with two attached hydrogens (primary N) is 1. The molecule has 1 fully saturated rings. The van der Waals surface area contributed by atoms with Crippen molar-refractivity contribution in [1.29, 1.82) is 0 Å². The Morgan fingerprint density at radius 2 is 2.35 bits per heavy atom. The van der Waals surface area contributed by atoms with Crippen LogP contribution in [-0.4, -0.2) is 29.1 Å². The first-order valence-corrected chi connectivity index (χ1v) is 7.09. The molecule has 92 valence electrons. The summed E-state index contributed by atoms with van der Waals surface area (Å²) in [6.07, 6.45) is 0. The summed E-state index contributed by atoms with van der Waals surface area (Å²) in [5.41, 5.74) is 6.72. The van der Waals surface area contributed by atoms with Gasteiger partial charge in [-0.3, -0.25) is 0 Å². The maximum absolute atomic E-state index is 14.0. The quantitative estimate of drug-likeness (QED) is 0.836. The standard InChI is InChI=1S/C12H15FN2S2/c1-8-7-17-5-4-15(8)11-3-2-9(12(14)16)6-10(11)13/h2-3,6,8H,4-5,7H2,1H3,(H2,14,16). The maximum Gasteiger partial charge on any atom is 0.147 e. The van der Waals surface area contributed by atoms with E-state index in [1.807, 2.05) is 11.8 Å². The molecule has 0 spiro atoms. The SMILES string of the molecule is CC1CSCCN1c1ccc(C(N)=S)cc1F. The molecule has 0 bridgehead atoms. The van der Waals surface area contributed by atoms with Gasteiger partial charge in [-0.25, -0.2) is 4.39 Å². The van der Waals surface area contributed by atoms with Crippen LogP contribution in [0.3, 0.4) is 0 Å². The van der Waals surface area contributed by atoms with Gasteiger partial charge < -0.3 is 10.6 Å². The summed E-state index contributed by atoms with van der Waals surface area (Å²) in [4.78, 5) is 2.34. The van der Waals surface area contributed by atoms with Crippen LogP contribution in [0.1, 0.15) is 12.5 Å². The molecule has 5 heteroatoms. The van der Waals surface area contributed by atoms with Crippen LogP contribution in [0, 0.1) is 5.82 Å². The van der Waals surface area contributed by atoms with Gasteiger partial charge in [0.2, 0.25) is 0 Å². The van der Waals surface area contributed by atoms with Crippen molar-refractivity contribution in [3.8, 4) is 0 Å². The van der Waals surface area contributed by atoms with Crippen LogP contribution in [0.25, 0.3) is 0 Å². The Hall–Kier alpha value is -0.810. The summed E-state index contributed by atoms with van der Waals surface area (Å²) in [6, 6.07) is 5.34. The topological polar surface area (TPSA) is 29.3 Å². The van der Waals surface area contributed by atoms with E-state index in [4.69, 9.17) is 18.0 Å². The fourth-order valence-corrected chi connectivity index (χ4v) is 3.12. The van der Waals surface area contributed by atoms with E-state index in [-0.39, 0.29) is 10.8 Å². The summed E-state index contributed by atoms with van der Waals surface area (Å²) in [5, 5.41) is 0. The summed E-state index contributed by atoms with van der Waals surface area (Å²) >= 11 is 6.75. The lowest BCUT2D eigenvalue weighted by molar-refractivity contribution is 0.603. The fraction of sp³-hybridized carbons (Fsp3) is 0.417. The largest absolute Gasteiger partial charge is 0.389 e. The predicted octanol–water partition coefficient (Wildman–Crippen LogP) is 2.40. The van der Waals surface area contributed by atoms with Gasteiger partial charge in [0, 0.05) is 29.7 Å². The number of benzene rings is 1. The highest BCUT2D eigenvalue weighted by molar-refractivity contribution is 7.99. The van der Waals surface area contributed by atoms with E-state index < -0.39 is 0 Å². The van der Waals surface area contributed by atoms with Gasteiger partial charge in [-0.2, -0.15) is 11.8 Å². The Morgan fingerprint density at radius 1 is 1.59 bits per heavy atom. The molecular weight excluding hydrogens is 255 g/mol. The summed E-state index contributed by atoms with van der Waals surface area (Å²) in [7, 11) is 0. The molecule has 0 radical (unpaired) electrons. The van der Waals surface area contributed by atoms with E-state index in [1.165, 1.54) is 6.07 Å². The van der Waals surface area contributed by atoms with Crippen molar-refractivity contribution >= 4 is 34.7 Å². The first-order chi connectivity index (χ1) is 8.09. The smallest absolute Gasteiger partial charge is 0.147 e. The number of halogens is 1. The third-order valence-electron chi connectivity index (χ3n) is 2.91. The minimum absolute atomic E-state index is 0.234. The molecule has 1 unspecified atom stereocenters. The molecule has 1 aliphatic heterocycles. The van der Waals surface area contributed by atoms with E-state index in [0.29, 0.717) is 17.3 Å². The Labute approximate surface area is 110 Å². The third kappa shape index (κ3) is 2.72. The van der Waals surface area contributed by atoms with Crippen LogP contribution in [0.15, 0.2) is 18.2 Å². The molecule has 17 heavy (non-hydrogen) atoms. The van der Waals surface area contributed by atoms with Gasteiger partial charge in [-0.15, -0.1) is 0 Å². The average Bonchev–Trinajstić information content (AvgIpc) is 2.30. The van der Waals surface area contributed by atoms with E-state index in [9.17, 15) is 4.39 Å². The van der Waals surface area contributed by atoms with Crippen molar-refractivity contribution in [3.05, 3.63) is 29.6 Å². The molecule has 2 nitrogen and oxygen atoms in total. The second kappa shape index (κ2) is 5.23. The van der Waals surface area contributed by atoms with Crippen molar-refractivity contribution in [2.75, 3.05) is 23.0 Å². The Balaban J connectivity index is 2.29. The maximum atomic E-state index is 14.0. The van der Waals surface area contributed by atoms with E-state index in [1.54, 1.807) is 12.1 Å². The number of anilines is 1. The Kier molecular flexibility index (Phi) is 3.89. The van der Waals surface area contributed by atoms with Crippen LogP contribution in [0.2, 0.25) is 0 Å². The second-order valence-electron chi connectivity index (χ2n) is 4.15. The van der Waals surface area contributed by atoms with Gasteiger partial charge in [-0.05, 0) is 25.1 Å². The molecule has 2 rings (SSSR count). The highest BCUT2D eigenvalue weighted by Gasteiger charge is 2.21. The Morgan fingerprint density at radius 3 is 2.94 bits per heavy atom. The molecule has 1 atom stereocenters. The molecule has 1 aromatic rings. The molecule has 0 amide bonds. The highest BCUT2D eigenvalue weighted by Crippen LogP contribution is 2.27. The van der Waals surface area contributed by atoms with E-state index in [2.05, 4.69) is 11.8 Å². The van der Waals surface area contributed by atoms with E-state index in [0.717, 1.165) is 18.1 Å². The zero-order valence-corrected chi connectivity index (χ0v) is 11.3. The normalized spacial score (nSPS) is 20.4. The molecular formula is C12H15FN2S2. The van der Waals surface area contributed by atoms with Crippen molar-refractivity contribution in [2.45, 2.75) is 13.0 Å². The van der Waals surface area contributed by atoms with Crippen LogP contribution < -0.4 is 10.6 Å². The number of thioether (sulfide) groups is 1. The fourth-order valence-electron chi connectivity index (χ4n) is 1.98. The number of hydrogen-bond acceptors (Lipinski definition) is 3. The summed E-state index contributed by atoms with van der Waals surface area (Å²) in [6.45, 7) is 3.00. The van der Waals surface area contributed by atoms with Crippen molar-refractivity contribution in [1.82, 2.24) is 0 Å². The number of nitrogens with zero attached hydrogens (tertiary/aromatic N) is 1. The van der Waals surface area contributed by atoms with E-state index >= 15 is 0 Å². The average molecular weight is 270 g/mol. The number of rotatable bonds is 2. The molecule has 0 aromatic heterocycles. The van der Waals surface area contributed by atoms with Gasteiger partial charge in [-0.1, -0.05) is 12.2 Å². The minimum Gasteiger partial charge on any atom is -0.389 e. The zero-order valence-electron chi connectivity index (χ0n) is 9.65. The van der Waals surface area contributed by atoms with Crippen LogP contribution in [0.5, 0.6) is 0 Å². The molecule has 1 aliphatic rings. The van der Waals surface area contributed by atoms with Gasteiger partial charge in [0.25, 0.3) is 0 Å². The predicted molar refractivity (Wildman–Crippen MR) is 76.4 cm³/mol. The second-order valence-corrected chi connectivity index (χ2v) is 5.74. The number of thiocarbonyl (C=S) groups is 1.